The molecule has 0 radical (unpaired) electrons. The van der Waals surface area contributed by atoms with Crippen LogP contribution in [0.1, 0.15) is 25.7 Å². The fourth-order valence-electron chi connectivity index (χ4n) is 2.20. The third-order valence-corrected chi connectivity index (χ3v) is 4.61. The van der Waals surface area contributed by atoms with Gasteiger partial charge in [0.05, 0.1) is 16.5 Å². The zero-order valence-corrected chi connectivity index (χ0v) is 13.1. The van der Waals surface area contributed by atoms with Crippen molar-refractivity contribution in [2.45, 2.75) is 36.6 Å². The summed E-state index contributed by atoms with van der Waals surface area (Å²) < 4.78 is 0. The third kappa shape index (κ3) is 5.13. The minimum Gasteiger partial charge on any atom is -0.398 e. The molecule has 4 N–H and O–H groups in total. The van der Waals surface area contributed by atoms with Gasteiger partial charge in [0.25, 0.3) is 0 Å². The highest BCUT2D eigenvalue weighted by molar-refractivity contribution is 8.00. The van der Waals surface area contributed by atoms with Gasteiger partial charge < -0.3 is 11.1 Å². The quantitative estimate of drug-likeness (QED) is 0.586. The second-order valence-corrected chi connectivity index (χ2v) is 6.43. The number of carbonyl (C=O) groups excluding carboxylic acids is 2. The molecule has 1 fully saturated rings. The Labute approximate surface area is 133 Å². The number of urea groups is 1. The van der Waals surface area contributed by atoms with E-state index in [0.29, 0.717) is 10.7 Å². The van der Waals surface area contributed by atoms with E-state index in [4.69, 9.17) is 17.3 Å². The molecule has 7 heteroatoms. The Kier molecular flexibility index (Phi) is 5.76. The van der Waals surface area contributed by atoms with Crippen molar-refractivity contribution in [2.75, 3.05) is 11.5 Å². The highest BCUT2D eigenvalue weighted by Gasteiger charge is 2.18. The van der Waals surface area contributed by atoms with E-state index < -0.39 is 6.03 Å². The van der Waals surface area contributed by atoms with E-state index in [1.807, 2.05) is 0 Å². The Morgan fingerprint density at radius 1 is 1.33 bits per heavy atom. The van der Waals surface area contributed by atoms with Gasteiger partial charge in [-0.15, -0.1) is 11.8 Å². The van der Waals surface area contributed by atoms with Crippen molar-refractivity contribution in [2.24, 2.45) is 0 Å². The molecule has 1 aromatic rings. The number of hydrogen-bond donors (Lipinski definition) is 3. The smallest absolute Gasteiger partial charge is 0.321 e. The number of imide groups is 1. The zero-order chi connectivity index (χ0) is 15.2. The molecule has 0 atom stereocenters. The molecule has 3 amide bonds. The van der Waals surface area contributed by atoms with Gasteiger partial charge in [-0.3, -0.25) is 10.1 Å². The first kappa shape index (κ1) is 16.0. The van der Waals surface area contributed by atoms with E-state index >= 15 is 0 Å². The normalized spacial score (nSPS) is 14.9. The molecule has 0 saturated heterocycles. The Balaban J connectivity index is 1.73. The van der Waals surface area contributed by atoms with E-state index in [9.17, 15) is 9.59 Å². The maximum Gasteiger partial charge on any atom is 0.321 e. The van der Waals surface area contributed by atoms with Crippen molar-refractivity contribution in [3.05, 3.63) is 23.2 Å². The van der Waals surface area contributed by atoms with E-state index in [1.165, 1.54) is 11.8 Å². The number of nitrogen functional groups attached to an aromatic ring is 1. The van der Waals surface area contributed by atoms with Crippen molar-refractivity contribution in [1.82, 2.24) is 10.6 Å². The van der Waals surface area contributed by atoms with E-state index in [0.717, 1.165) is 30.6 Å². The van der Waals surface area contributed by atoms with Gasteiger partial charge in [-0.1, -0.05) is 24.4 Å². The predicted octanol–water partition coefficient (Wildman–Crippen LogP) is 2.78. The molecule has 0 unspecified atom stereocenters. The highest BCUT2D eigenvalue weighted by atomic mass is 35.5. The van der Waals surface area contributed by atoms with Crippen molar-refractivity contribution in [1.29, 1.82) is 0 Å². The SMILES string of the molecule is Nc1ccc(SCC(=O)NC(=O)NC2CCCC2)cc1Cl. The molecule has 0 spiro atoms. The van der Waals surface area contributed by atoms with Crippen molar-refractivity contribution in [3.8, 4) is 0 Å². The van der Waals surface area contributed by atoms with Gasteiger partial charge in [-0.2, -0.15) is 0 Å². The first-order valence-corrected chi connectivity index (χ1v) is 8.19. The number of benzene rings is 1. The maximum absolute atomic E-state index is 11.7. The van der Waals surface area contributed by atoms with Gasteiger partial charge in [-0.25, -0.2) is 4.79 Å². The molecule has 1 aliphatic carbocycles. The Morgan fingerprint density at radius 3 is 2.71 bits per heavy atom. The number of halogens is 1. The standard InChI is InChI=1S/C14H18ClN3O2S/c15-11-7-10(5-6-12(11)16)21-8-13(19)18-14(20)17-9-3-1-2-4-9/h5-7,9H,1-4,8,16H2,(H2,17,18,19,20). The number of thioether (sulfide) groups is 1. The van der Waals surface area contributed by atoms with Crippen LogP contribution >= 0.6 is 23.4 Å². The number of hydrogen-bond acceptors (Lipinski definition) is 4. The topological polar surface area (TPSA) is 84.2 Å². The lowest BCUT2D eigenvalue weighted by Crippen LogP contribution is -2.44. The van der Waals surface area contributed by atoms with Crippen LogP contribution in [0.15, 0.2) is 23.1 Å². The highest BCUT2D eigenvalue weighted by Crippen LogP contribution is 2.26. The van der Waals surface area contributed by atoms with Gasteiger partial charge in [0.15, 0.2) is 0 Å². The van der Waals surface area contributed by atoms with Gasteiger partial charge in [-0.05, 0) is 31.0 Å². The van der Waals surface area contributed by atoms with Crippen LogP contribution in [0.2, 0.25) is 5.02 Å². The summed E-state index contributed by atoms with van der Waals surface area (Å²) in [7, 11) is 0. The van der Waals surface area contributed by atoms with Crippen LogP contribution in [0.25, 0.3) is 0 Å². The second kappa shape index (κ2) is 7.56. The Morgan fingerprint density at radius 2 is 2.05 bits per heavy atom. The summed E-state index contributed by atoms with van der Waals surface area (Å²) in [5.74, 6) is -0.179. The molecule has 114 valence electrons. The van der Waals surface area contributed by atoms with Crippen molar-refractivity contribution < 1.29 is 9.59 Å². The number of rotatable bonds is 4. The van der Waals surface area contributed by atoms with Crippen LogP contribution in [0.3, 0.4) is 0 Å². The van der Waals surface area contributed by atoms with Gasteiger partial charge in [0.1, 0.15) is 0 Å². The summed E-state index contributed by atoms with van der Waals surface area (Å²) in [6, 6.07) is 4.96. The van der Waals surface area contributed by atoms with Crippen LogP contribution in [0, 0.1) is 0 Å². The molecular weight excluding hydrogens is 310 g/mol. The van der Waals surface area contributed by atoms with E-state index in [-0.39, 0.29) is 17.7 Å². The number of nitrogens with two attached hydrogens (primary N) is 1. The Bertz CT molecular complexity index is 533. The minimum atomic E-state index is -0.414. The fraction of sp³-hybridized carbons (Fsp3) is 0.429. The molecule has 1 saturated carbocycles. The zero-order valence-electron chi connectivity index (χ0n) is 11.5. The van der Waals surface area contributed by atoms with Crippen LogP contribution < -0.4 is 16.4 Å². The second-order valence-electron chi connectivity index (χ2n) is 4.98. The number of amides is 3. The van der Waals surface area contributed by atoms with Crippen LogP contribution in [0.4, 0.5) is 10.5 Å². The molecule has 0 aliphatic heterocycles. The molecule has 0 heterocycles. The maximum atomic E-state index is 11.7. The van der Waals surface area contributed by atoms with E-state index in [1.54, 1.807) is 18.2 Å². The summed E-state index contributed by atoms with van der Waals surface area (Å²) in [4.78, 5) is 24.2. The number of nitrogens with one attached hydrogen (secondary N) is 2. The molecule has 0 bridgehead atoms. The van der Waals surface area contributed by atoms with Gasteiger partial charge >= 0.3 is 6.03 Å². The first-order chi connectivity index (χ1) is 10.0. The summed E-state index contributed by atoms with van der Waals surface area (Å²) in [6.07, 6.45) is 4.24. The summed E-state index contributed by atoms with van der Waals surface area (Å²) >= 11 is 7.21. The molecule has 1 aliphatic rings. The first-order valence-electron chi connectivity index (χ1n) is 6.83. The average molecular weight is 328 g/mol. The summed E-state index contributed by atoms with van der Waals surface area (Å²) in [5, 5.41) is 5.60. The van der Waals surface area contributed by atoms with Crippen LogP contribution in [0.5, 0.6) is 0 Å². The van der Waals surface area contributed by atoms with Crippen molar-refractivity contribution in [3.63, 3.8) is 0 Å². The fourth-order valence-corrected chi connectivity index (χ4v) is 3.18. The monoisotopic (exact) mass is 327 g/mol. The lowest BCUT2D eigenvalue weighted by Gasteiger charge is -2.12. The van der Waals surface area contributed by atoms with Crippen molar-refractivity contribution >= 4 is 41.0 Å². The van der Waals surface area contributed by atoms with Gasteiger partial charge in [0.2, 0.25) is 5.91 Å². The van der Waals surface area contributed by atoms with Crippen LogP contribution in [-0.4, -0.2) is 23.7 Å². The minimum absolute atomic E-state index is 0.151. The third-order valence-electron chi connectivity index (χ3n) is 3.29. The number of anilines is 1. The average Bonchev–Trinajstić information content (AvgIpc) is 2.92. The molecule has 2 rings (SSSR count). The molecular formula is C14H18ClN3O2S. The van der Waals surface area contributed by atoms with Gasteiger partial charge in [0, 0.05) is 10.9 Å². The lowest BCUT2D eigenvalue weighted by molar-refractivity contribution is -0.117. The predicted molar refractivity (Wildman–Crippen MR) is 85.5 cm³/mol. The summed E-state index contributed by atoms with van der Waals surface area (Å²) in [5.41, 5.74) is 6.12. The lowest BCUT2D eigenvalue weighted by atomic mass is 10.2. The van der Waals surface area contributed by atoms with Crippen LogP contribution in [-0.2, 0) is 4.79 Å². The van der Waals surface area contributed by atoms with E-state index in [2.05, 4.69) is 10.6 Å². The molecule has 1 aromatic carbocycles. The molecule has 5 nitrogen and oxygen atoms in total. The summed E-state index contributed by atoms with van der Waals surface area (Å²) in [6.45, 7) is 0. The molecule has 21 heavy (non-hydrogen) atoms. The largest absolute Gasteiger partial charge is 0.398 e. The number of carbonyl (C=O) groups is 2. The molecule has 0 aromatic heterocycles. The Hall–Kier alpha value is -1.40.